The molecule has 0 radical (unpaired) electrons. The van der Waals surface area contributed by atoms with Gasteiger partial charge in [-0.05, 0) is 68.1 Å². The maximum absolute atomic E-state index is 12.3. The standard InChI is InChI=1S/C19H28O/c1-12-3-5-14-13(11-12)4-6-16-15(14)9-10-19(2)17(16)7-8-18(19)20/h9,12-14,16-17H,3-8,10-11H2,1-2H3/t12?,13?,14-,16+,17-,19-/m0/s1. The van der Waals surface area contributed by atoms with E-state index in [1.54, 1.807) is 5.57 Å². The fourth-order valence-corrected chi connectivity index (χ4v) is 6.17. The summed E-state index contributed by atoms with van der Waals surface area (Å²) < 4.78 is 0. The first-order valence-corrected chi connectivity index (χ1v) is 8.83. The van der Waals surface area contributed by atoms with E-state index in [1.807, 2.05) is 0 Å². The zero-order valence-corrected chi connectivity index (χ0v) is 13.0. The third kappa shape index (κ3) is 1.71. The van der Waals surface area contributed by atoms with Crippen molar-refractivity contribution in [1.82, 2.24) is 0 Å². The summed E-state index contributed by atoms with van der Waals surface area (Å²) in [5.74, 6) is 4.77. The smallest absolute Gasteiger partial charge is 0.139 e. The van der Waals surface area contributed by atoms with Gasteiger partial charge in [0.05, 0.1) is 0 Å². The second-order valence-electron chi connectivity index (χ2n) is 8.36. The molecule has 0 bridgehead atoms. The lowest BCUT2D eigenvalue weighted by Crippen LogP contribution is -2.43. The van der Waals surface area contributed by atoms with E-state index in [9.17, 15) is 4.79 Å². The Kier molecular flexibility index (Phi) is 2.91. The van der Waals surface area contributed by atoms with Gasteiger partial charge < -0.3 is 0 Å². The lowest BCUT2D eigenvalue weighted by Gasteiger charge is -2.50. The molecule has 2 unspecified atom stereocenters. The van der Waals surface area contributed by atoms with Crippen molar-refractivity contribution in [1.29, 1.82) is 0 Å². The summed E-state index contributed by atoms with van der Waals surface area (Å²) in [6, 6.07) is 0. The Morgan fingerprint density at radius 1 is 1.10 bits per heavy atom. The van der Waals surface area contributed by atoms with Gasteiger partial charge in [0.2, 0.25) is 0 Å². The Bertz CT molecular complexity index is 462. The molecule has 4 aliphatic carbocycles. The van der Waals surface area contributed by atoms with Crippen LogP contribution in [-0.2, 0) is 4.79 Å². The summed E-state index contributed by atoms with van der Waals surface area (Å²) in [4.78, 5) is 12.3. The van der Waals surface area contributed by atoms with Gasteiger partial charge in [0.25, 0.3) is 0 Å². The summed E-state index contributed by atoms with van der Waals surface area (Å²) in [6.07, 6.45) is 12.7. The Hall–Kier alpha value is -0.590. The monoisotopic (exact) mass is 272 g/mol. The molecular formula is C19H28O. The number of hydrogen-bond donors (Lipinski definition) is 0. The normalized spacial score (nSPS) is 51.0. The summed E-state index contributed by atoms with van der Waals surface area (Å²) in [7, 11) is 0. The van der Waals surface area contributed by atoms with E-state index >= 15 is 0 Å². The van der Waals surface area contributed by atoms with E-state index in [-0.39, 0.29) is 5.41 Å². The lowest BCUT2D eigenvalue weighted by atomic mass is 9.54. The highest BCUT2D eigenvalue weighted by molar-refractivity contribution is 5.87. The van der Waals surface area contributed by atoms with Crippen LogP contribution < -0.4 is 0 Å². The summed E-state index contributed by atoms with van der Waals surface area (Å²) in [5, 5.41) is 0. The largest absolute Gasteiger partial charge is 0.299 e. The van der Waals surface area contributed by atoms with Crippen molar-refractivity contribution in [2.45, 2.75) is 65.2 Å². The summed E-state index contributed by atoms with van der Waals surface area (Å²) in [5.41, 5.74) is 1.80. The fraction of sp³-hybridized carbons (Fsp3) is 0.842. The molecule has 0 spiro atoms. The average Bonchev–Trinajstić information content (AvgIpc) is 2.74. The molecule has 20 heavy (non-hydrogen) atoms. The van der Waals surface area contributed by atoms with Crippen LogP contribution in [0.15, 0.2) is 11.6 Å². The van der Waals surface area contributed by atoms with Crippen molar-refractivity contribution < 1.29 is 4.79 Å². The van der Waals surface area contributed by atoms with Gasteiger partial charge >= 0.3 is 0 Å². The molecule has 3 saturated carbocycles. The molecule has 1 nitrogen and oxygen atoms in total. The highest BCUT2D eigenvalue weighted by Crippen LogP contribution is 2.59. The van der Waals surface area contributed by atoms with Gasteiger partial charge in [-0.3, -0.25) is 4.79 Å². The summed E-state index contributed by atoms with van der Waals surface area (Å²) >= 11 is 0. The van der Waals surface area contributed by atoms with Crippen molar-refractivity contribution in [2.24, 2.45) is 35.0 Å². The van der Waals surface area contributed by atoms with Crippen LogP contribution in [0.4, 0.5) is 0 Å². The van der Waals surface area contributed by atoms with E-state index in [0.717, 1.165) is 36.5 Å². The number of fused-ring (bicyclic) bond motifs is 5. The lowest BCUT2D eigenvalue weighted by molar-refractivity contribution is -0.127. The van der Waals surface area contributed by atoms with Crippen molar-refractivity contribution in [3.63, 3.8) is 0 Å². The molecule has 0 aromatic carbocycles. The van der Waals surface area contributed by atoms with Crippen LogP contribution in [0.3, 0.4) is 0 Å². The maximum atomic E-state index is 12.3. The molecule has 110 valence electrons. The van der Waals surface area contributed by atoms with Gasteiger partial charge in [0.1, 0.15) is 5.78 Å². The van der Waals surface area contributed by atoms with E-state index in [0.29, 0.717) is 11.7 Å². The predicted molar refractivity (Wildman–Crippen MR) is 81.3 cm³/mol. The van der Waals surface area contributed by atoms with Gasteiger partial charge in [0.15, 0.2) is 0 Å². The SMILES string of the molecule is CC1CC[C@@H]2C3=CC[C@]4(C)C(=O)CC[C@H]4[C@@H]3CCC2C1. The van der Waals surface area contributed by atoms with E-state index in [2.05, 4.69) is 19.9 Å². The van der Waals surface area contributed by atoms with Crippen molar-refractivity contribution in [2.75, 3.05) is 0 Å². The van der Waals surface area contributed by atoms with E-state index in [1.165, 1.54) is 38.5 Å². The molecule has 4 rings (SSSR count). The zero-order chi connectivity index (χ0) is 13.9. The van der Waals surface area contributed by atoms with Crippen LogP contribution in [-0.4, -0.2) is 5.78 Å². The number of carbonyl (C=O) groups is 1. The molecule has 0 aromatic rings. The maximum Gasteiger partial charge on any atom is 0.139 e. The first-order valence-electron chi connectivity index (χ1n) is 8.83. The van der Waals surface area contributed by atoms with Gasteiger partial charge in [0, 0.05) is 11.8 Å². The quantitative estimate of drug-likeness (QED) is 0.581. The van der Waals surface area contributed by atoms with Crippen molar-refractivity contribution in [3.8, 4) is 0 Å². The van der Waals surface area contributed by atoms with Crippen LogP contribution in [0.5, 0.6) is 0 Å². The second-order valence-corrected chi connectivity index (χ2v) is 8.36. The molecule has 6 atom stereocenters. The van der Waals surface area contributed by atoms with Gasteiger partial charge in [-0.2, -0.15) is 0 Å². The highest BCUT2D eigenvalue weighted by Gasteiger charge is 2.53. The molecule has 0 heterocycles. The molecule has 0 N–H and O–H groups in total. The van der Waals surface area contributed by atoms with Gasteiger partial charge in [-0.1, -0.05) is 31.9 Å². The predicted octanol–water partition coefficient (Wildman–Crippen LogP) is 4.76. The molecular weight excluding hydrogens is 244 g/mol. The molecule has 4 aliphatic rings. The second kappa shape index (κ2) is 4.45. The Morgan fingerprint density at radius 2 is 1.90 bits per heavy atom. The molecule has 0 aliphatic heterocycles. The first-order chi connectivity index (χ1) is 9.59. The minimum atomic E-state index is 0.00294. The number of ketones is 1. The topological polar surface area (TPSA) is 17.1 Å². The minimum Gasteiger partial charge on any atom is -0.299 e. The number of Topliss-reactive ketones (excluding diaryl/α,β-unsaturated/α-hetero) is 1. The fourth-order valence-electron chi connectivity index (χ4n) is 6.17. The van der Waals surface area contributed by atoms with Crippen LogP contribution >= 0.6 is 0 Å². The zero-order valence-electron chi connectivity index (χ0n) is 13.0. The minimum absolute atomic E-state index is 0.00294. The molecule has 1 heteroatoms. The van der Waals surface area contributed by atoms with Gasteiger partial charge in [-0.25, -0.2) is 0 Å². The van der Waals surface area contributed by atoms with Crippen LogP contribution in [0, 0.1) is 35.0 Å². The average molecular weight is 272 g/mol. The van der Waals surface area contributed by atoms with Crippen LogP contribution in [0.2, 0.25) is 0 Å². The molecule has 0 saturated heterocycles. The highest BCUT2D eigenvalue weighted by atomic mass is 16.1. The summed E-state index contributed by atoms with van der Waals surface area (Å²) in [6.45, 7) is 4.69. The van der Waals surface area contributed by atoms with Crippen LogP contribution in [0.25, 0.3) is 0 Å². The van der Waals surface area contributed by atoms with Crippen molar-refractivity contribution >= 4 is 5.78 Å². The number of allylic oxidation sites excluding steroid dienone is 2. The Morgan fingerprint density at radius 3 is 2.75 bits per heavy atom. The third-order valence-electron chi connectivity index (χ3n) is 7.33. The number of carbonyl (C=O) groups excluding carboxylic acids is 1. The Balaban J connectivity index is 1.65. The first kappa shape index (κ1) is 13.1. The van der Waals surface area contributed by atoms with E-state index in [4.69, 9.17) is 0 Å². The molecule has 0 aromatic heterocycles. The van der Waals surface area contributed by atoms with Crippen molar-refractivity contribution in [3.05, 3.63) is 11.6 Å². The third-order valence-corrected chi connectivity index (χ3v) is 7.33. The number of rotatable bonds is 0. The number of hydrogen-bond acceptors (Lipinski definition) is 1. The Labute approximate surface area is 123 Å². The van der Waals surface area contributed by atoms with E-state index < -0.39 is 0 Å². The van der Waals surface area contributed by atoms with Crippen LogP contribution in [0.1, 0.15) is 65.2 Å². The molecule has 3 fully saturated rings. The molecule has 0 amide bonds. The van der Waals surface area contributed by atoms with Gasteiger partial charge in [-0.15, -0.1) is 0 Å².